The van der Waals surface area contributed by atoms with Gasteiger partial charge in [-0.3, -0.25) is 0 Å². The van der Waals surface area contributed by atoms with Crippen LogP contribution < -0.4 is 0 Å². The third kappa shape index (κ3) is 6.10. The quantitative estimate of drug-likeness (QED) is 0.221. The Hall–Kier alpha value is -4.63. The van der Waals surface area contributed by atoms with Crippen LogP contribution in [0, 0.1) is 11.3 Å². The van der Waals surface area contributed by atoms with Gasteiger partial charge in [0.05, 0.1) is 27.9 Å². The predicted molar refractivity (Wildman–Crippen MR) is 156 cm³/mol. The lowest BCUT2D eigenvalue weighted by Crippen LogP contribution is -2.02. The van der Waals surface area contributed by atoms with Gasteiger partial charge in [-0.25, -0.2) is 9.78 Å². The van der Waals surface area contributed by atoms with E-state index >= 15 is 0 Å². The first-order chi connectivity index (χ1) is 18.9. The van der Waals surface area contributed by atoms with Gasteiger partial charge in [0.1, 0.15) is 5.82 Å². The summed E-state index contributed by atoms with van der Waals surface area (Å²) < 4.78 is 1.99. The Labute approximate surface area is 235 Å². The number of nitrogens with zero attached hydrogens (tertiary/aromatic N) is 3. The lowest BCUT2D eigenvalue weighted by Gasteiger charge is -2.06. The van der Waals surface area contributed by atoms with Crippen LogP contribution in [0.4, 0.5) is 0 Å². The summed E-state index contributed by atoms with van der Waals surface area (Å²) in [6.07, 6.45) is 5.84. The topological polar surface area (TPSA) is 78.9 Å². The van der Waals surface area contributed by atoms with Crippen molar-refractivity contribution in [2.24, 2.45) is 0 Å². The molecule has 0 saturated carbocycles. The number of carboxylic acids is 1. The van der Waals surface area contributed by atoms with Crippen molar-refractivity contribution in [3.05, 3.63) is 135 Å². The number of hydrogen-bond acceptors (Lipinski definition) is 3. The number of carbonyl (C=O) groups is 1. The molecule has 39 heavy (non-hydrogen) atoms. The molecule has 0 spiro atoms. The van der Waals surface area contributed by atoms with Gasteiger partial charge in [-0.15, -0.1) is 0 Å². The number of aromatic nitrogens is 2. The maximum atomic E-state index is 11.2. The highest BCUT2D eigenvalue weighted by Gasteiger charge is 2.12. The first-order valence-corrected chi connectivity index (χ1v) is 12.8. The van der Waals surface area contributed by atoms with E-state index in [-0.39, 0.29) is 5.56 Å². The molecular weight excluding hydrogens is 529 g/mol. The number of aromatic carboxylic acids is 1. The van der Waals surface area contributed by atoms with Crippen molar-refractivity contribution in [2.45, 2.75) is 6.54 Å². The molecule has 0 radical (unpaired) electrons. The number of rotatable bonds is 7. The van der Waals surface area contributed by atoms with Crippen LogP contribution in [0.5, 0.6) is 0 Å². The zero-order valence-corrected chi connectivity index (χ0v) is 22.1. The molecular formula is C32H21Cl2N3O2. The van der Waals surface area contributed by atoms with Crippen LogP contribution in [0.15, 0.2) is 97.2 Å². The van der Waals surface area contributed by atoms with E-state index in [2.05, 4.69) is 6.07 Å². The van der Waals surface area contributed by atoms with E-state index < -0.39 is 5.97 Å². The molecule has 0 unspecified atom stereocenters. The molecule has 7 heteroatoms. The van der Waals surface area contributed by atoms with E-state index in [1.165, 1.54) is 0 Å². The van der Waals surface area contributed by atoms with Gasteiger partial charge < -0.3 is 9.67 Å². The monoisotopic (exact) mass is 549 g/mol. The fourth-order valence-electron chi connectivity index (χ4n) is 4.19. The molecule has 5 rings (SSSR count). The Bertz CT molecular complexity index is 1730. The maximum Gasteiger partial charge on any atom is 0.335 e. The van der Waals surface area contributed by atoms with Crippen LogP contribution in [0.3, 0.4) is 0 Å². The van der Waals surface area contributed by atoms with E-state index in [1.54, 1.807) is 42.5 Å². The second-order valence-corrected chi connectivity index (χ2v) is 9.73. The number of hydrogen-bond donors (Lipinski definition) is 1. The van der Waals surface area contributed by atoms with Gasteiger partial charge in [0.25, 0.3) is 0 Å². The molecule has 1 N–H and O–H groups in total. The number of imidazole rings is 1. The first kappa shape index (κ1) is 26.0. The molecule has 4 aromatic carbocycles. The minimum Gasteiger partial charge on any atom is -0.478 e. The summed E-state index contributed by atoms with van der Waals surface area (Å²) in [5, 5.41) is 19.4. The van der Waals surface area contributed by atoms with Crippen LogP contribution in [0.25, 0.3) is 34.5 Å². The first-order valence-electron chi connectivity index (χ1n) is 12.0. The second kappa shape index (κ2) is 11.4. The smallest absolute Gasteiger partial charge is 0.335 e. The molecule has 1 aromatic heterocycles. The normalized spacial score (nSPS) is 11.0. The molecule has 5 nitrogen and oxygen atoms in total. The fraction of sp³-hybridized carbons (Fsp3) is 0.0312. The van der Waals surface area contributed by atoms with E-state index in [0.29, 0.717) is 33.7 Å². The van der Waals surface area contributed by atoms with Crippen LogP contribution in [0.1, 0.15) is 32.9 Å². The van der Waals surface area contributed by atoms with Crippen LogP contribution in [0.2, 0.25) is 10.0 Å². The number of benzene rings is 4. The molecule has 0 fully saturated rings. The summed E-state index contributed by atoms with van der Waals surface area (Å²) >= 11 is 12.6. The molecule has 0 aliphatic carbocycles. The summed E-state index contributed by atoms with van der Waals surface area (Å²) in [6.45, 7) is 0.492. The van der Waals surface area contributed by atoms with E-state index in [1.807, 2.05) is 71.4 Å². The van der Waals surface area contributed by atoms with Gasteiger partial charge >= 0.3 is 5.97 Å². The van der Waals surface area contributed by atoms with E-state index in [9.17, 15) is 15.2 Å². The third-order valence-corrected chi connectivity index (χ3v) is 6.78. The van der Waals surface area contributed by atoms with Crippen molar-refractivity contribution >= 4 is 41.3 Å². The summed E-state index contributed by atoms with van der Waals surface area (Å²) in [6, 6.07) is 29.8. The van der Waals surface area contributed by atoms with Gasteiger partial charge in [0.2, 0.25) is 0 Å². The van der Waals surface area contributed by atoms with Gasteiger partial charge in [0.15, 0.2) is 0 Å². The average molecular weight is 550 g/mol. The standard InChI is InChI=1S/C32H21Cl2N3O2/c33-27-13-14-28(29(34)17-27)30-20-37(19-22-6-11-25(12-7-22)32(38)39)31(36-30)15-8-21-4-9-24(10-5-21)26-3-1-2-23(16-26)18-35/h1-17,20H,19H2,(H,38,39)/b15-8+. The fourth-order valence-corrected chi connectivity index (χ4v) is 4.70. The minimum absolute atomic E-state index is 0.237. The predicted octanol–water partition coefficient (Wildman–Crippen LogP) is 8.31. The Balaban J connectivity index is 1.45. The summed E-state index contributed by atoms with van der Waals surface area (Å²) in [5.74, 6) is -0.250. The van der Waals surface area contributed by atoms with Crippen LogP contribution in [-0.4, -0.2) is 20.6 Å². The van der Waals surface area contributed by atoms with Crippen molar-refractivity contribution in [1.82, 2.24) is 9.55 Å². The highest BCUT2D eigenvalue weighted by Crippen LogP contribution is 2.30. The highest BCUT2D eigenvalue weighted by atomic mass is 35.5. The lowest BCUT2D eigenvalue weighted by molar-refractivity contribution is 0.0697. The van der Waals surface area contributed by atoms with Gasteiger partial charge in [-0.2, -0.15) is 5.26 Å². The largest absolute Gasteiger partial charge is 0.478 e. The van der Waals surface area contributed by atoms with Crippen molar-refractivity contribution < 1.29 is 9.90 Å². The van der Waals surface area contributed by atoms with Crippen molar-refractivity contribution in [2.75, 3.05) is 0 Å². The molecule has 190 valence electrons. The molecule has 0 bridgehead atoms. The van der Waals surface area contributed by atoms with Crippen LogP contribution >= 0.6 is 23.2 Å². The molecule has 5 aromatic rings. The lowest BCUT2D eigenvalue weighted by atomic mass is 10.0. The zero-order chi connectivity index (χ0) is 27.4. The third-order valence-electron chi connectivity index (χ3n) is 6.23. The number of nitriles is 1. The average Bonchev–Trinajstić information content (AvgIpc) is 3.34. The zero-order valence-electron chi connectivity index (χ0n) is 20.6. The Morgan fingerprint density at radius 3 is 2.38 bits per heavy atom. The van der Waals surface area contributed by atoms with Gasteiger partial charge in [0, 0.05) is 23.3 Å². The number of halogens is 2. The SMILES string of the molecule is N#Cc1cccc(-c2ccc(/C=C/c3nc(-c4ccc(Cl)cc4Cl)cn3Cc3ccc(C(=O)O)cc3)cc2)c1. The van der Waals surface area contributed by atoms with E-state index in [0.717, 1.165) is 27.8 Å². The van der Waals surface area contributed by atoms with Gasteiger partial charge in [-0.05, 0) is 70.8 Å². The Morgan fingerprint density at radius 2 is 1.69 bits per heavy atom. The second-order valence-electron chi connectivity index (χ2n) is 8.89. The van der Waals surface area contributed by atoms with E-state index in [4.69, 9.17) is 28.2 Å². The van der Waals surface area contributed by atoms with Crippen LogP contribution in [-0.2, 0) is 6.54 Å². The molecule has 0 aliphatic rings. The Morgan fingerprint density at radius 1 is 0.923 bits per heavy atom. The minimum atomic E-state index is -0.962. The highest BCUT2D eigenvalue weighted by molar-refractivity contribution is 6.36. The van der Waals surface area contributed by atoms with Crippen molar-refractivity contribution in [1.29, 1.82) is 5.26 Å². The van der Waals surface area contributed by atoms with Gasteiger partial charge in [-0.1, -0.05) is 77.8 Å². The number of carboxylic acid groups (broad SMARTS) is 1. The molecule has 0 atom stereocenters. The molecule has 0 aliphatic heterocycles. The summed E-state index contributed by atoms with van der Waals surface area (Å²) in [4.78, 5) is 16.1. The maximum absolute atomic E-state index is 11.2. The summed E-state index contributed by atoms with van der Waals surface area (Å²) in [7, 11) is 0. The van der Waals surface area contributed by atoms with Crippen molar-refractivity contribution in [3.8, 4) is 28.5 Å². The molecule has 0 saturated heterocycles. The molecule has 0 amide bonds. The molecule has 1 heterocycles. The summed E-state index contributed by atoms with van der Waals surface area (Å²) in [5.41, 5.74) is 6.25. The van der Waals surface area contributed by atoms with Crippen molar-refractivity contribution in [3.63, 3.8) is 0 Å². The Kier molecular flexibility index (Phi) is 7.60.